The van der Waals surface area contributed by atoms with Crippen LogP contribution in [0.3, 0.4) is 0 Å². The lowest BCUT2D eigenvalue weighted by molar-refractivity contribution is 0.0729. The van der Waals surface area contributed by atoms with Gasteiger partial charge in [-0.05, 0) is 49.7 Å². The average Bonchev–Trinajstić information content (AvgIpc) is 2.75. The molecule has 0 spiro atoms. The number of benzene rings is 2. The van der Waals surface area contributed by atoms with Crippen LogP contribution in [-0.4, -0.2) is 66.2 Å². The summed E-state index contributed by atoms with van der Waals surface area (Å²) in [5.41, 5.74) is 1.01. The number of hydrogen-bond acceptors (Lipinski definition) is 7. The molecule has 1 saturated heterocycles. The molecule has 174 valence electrons. The Balaban J connectivity index is 1.96. The number of sulfone groups is 1. The molecule has 3 rings (SSSR count). The molecule has 1 amide bonds. The largest absolute Gasteiger partial charge is 0.492 e. The minimum Gasteiger partial charge on any atom is -0.492 e. The second-order valence-electron chi connectivity index (χ2n) is 7.31. The molecule has 0 radical (unpaired) electrons. The van der Waals surface area contributed by atoms with E-state index in [0.29, 0.717) is 18.8 Å². The van der Waals surface area contributed by atoms with E-state index < -0.39 is 25.8 Å². The first-order valence-electron chi connectivity index (χ1n) is 10.0. The lowest BCUT2D eigenvalue weighted by atomic mass is 10.1. The summed E-state index contributed by atoms with van der Waals surface area (Å²) in [6.45, 7) is 4.76. The Morgan fingerprint density at radius 3 is 2.41 bits per heavy atom. The Bertz CT molecular complexity index is 1220. The fourth-order valence-electron chi connectivity index (χ4n) is 3.26. The van der Waals surface area contributed by atoms with E-state index in [1.807, 2.05) is 0 Å². The third kappa shape index (κ3) is 5.29. The summed E-state index contributed by atoms with van der Waals surface area (Å²) in [5, 5.41) is 2.67. The normalized spacial score (nSPS) is 15.3. The smallest absolute Gasteiger partial charge is 0.255 e. The van der Waals surface area contributed by atoms with Crippen molar-refractivity contribution in [1.82, 2.24) is 4.31 Å². The molecular weight excluding hydrogens is 456 g/mol. The lowest BCUT2D eigenvalue weighted by Gasteiger charge is -2.27. The zero-order valence-corrected chi connectivity index (χ0v) is 19.8. The molecular formula is C21H26N2O7S2. The topological polar surface area (TPSA) is 119 Å². The fraction of sp³-hybridized carbons (Fsp3) is 0.381. The van der Waals surface area contributed by atoms with Crippen molar-refractivity contribution in [2.45, 2.75) is 23.6 Å². The predicted octanol–water partition coefficient (Wildman–Crippen LogP) is 2.07. The molecule has 0 saturated carbocycles. The third-order valence-corrected chi connectivity index (χ3v) is 8.00. The van der Waals surface area contributed by atoms with E-state index in [2.05, 4.69) is 5.32 Å². The molecule has 9 nitrogen and oxygen atoms in total. The van der Waals surface area contributed by atoms with Crippen LogP contribution >= 0.6 is 0 Å². The van der Waals surface area contributed by atoms with Crippen molar-refractivity contribution in [2.24, 2.45) is 0 Å². The van der Waals surface area contributed by atoms with E-state index in [1.54, 1.807) is 19.9 Å². The number of amides is 1. The van der Waals surface area contributed by atoms with E-state index in [4.69, 9.17) is 9.47 Å². The number of ether oxygens (including phenoxy) is 2. The monoisotopic (exact) mass is 482 g/mol. The van der Waals surface area contributed by atoms with E-state index in [-0.39, 0.29) is 46.5 Å². The van der Waals surface area contributed by atoms with Gasteiger partial charge in [0.25, 0.3) is 5.91 Å². The zero-order valence-electron chi connectivity index (χ0n) is 18.1. The molecule has 1 heterocycles. The number of hydrogen-bond donors (Lipinski definition) is 1. The fourth-order valence-corrected chi connectivity index (χ4v) is 5.48. The van der Waals surface area contributed by atoms with Crippen LogP contribution in [-0.2, 0) is 24.6 Å². The highest BCUT2D eigenvalue weighted by Crippen LogP contribution is 2.31. The number of rotatable bonds is 7. The van der Waals surface area contributed by atoms with Crippen LogP contribution in [0.25, 0.3) is 0 Å². The van der Waals surface area contributed by atoms with Crippen molar-refractivity contribution in [3.63, 3.8) is 0 Å². The van der Waals surface area contributed by atoms with Gasteiger partial charge in [-0.3, -0.25) is 4.79 Å². The summed E-state index contributed by atoms with van der Waals surface area (Å²) in [5.74, 6) is -0.362. The second-order valence-corrected chi connectivity index (χ2v) is 11.2. The molecule has 1 aliphatic rings. The predicted molar refractivity (Wildman–Crippen MR) is 119 cm³/mol. The molecule has 1 fully saturated rings. The van der Waals surface area contributed by atoms with Crippen LogP contribution in [0.1, 0.15) is 22.8 Å². The van der Waals surface area contributed by atoms with Crippen LogP contribution in [0.2, 0.25) is 0 Å². The van der Waals surface area contributed by atoms with Gasteiger partial charge in [-0.25, -0.2) is 16.8 Å². The van der Waals surface area contributed by atoms with Gasteiger partial charge in [-0.15, -0.1) is 0 Å². The van der Waals surface area contributed by atoms with Crippen LogP contribution in [0, 0.1) is 6.92 Å². The molecule has 0 aliphatic carbocycles. The van der Waals surface area contributed by atoms with Gasteiger partial charge >= 0.3 is 0 Å². The summed E-state index contributed by atoms with van der Waals surface area (Å²) in [4.78, 5) is 12.8. The van der Waals surface area contributed by atoms with Gasteiger partial charge < -0.3 is 14.8 Å². The van der Waals surface area contributed by atoms with Gasteiger partial charge in [0.05, 0.1) is 24.7 Å². The molecule has 2 aromatic rings. The Kier molecular flexibility index (Phi) is 7.23. The number of aryl methyl sites for hydroxylation is 1. The maximum absolute atomic E-state index is 13.2. The van der Waals surface area contributed by atoms with Crippen LogP contribution < -0.4 is 10.1 Å². The minimum absolute atomic E-state index is 0.0236. The highest BCUT2D eigenvalue weighted by molar-refractivity contribution is 7.90. The highest BCUT2D eigenvalue weighted by Gasteiger charge is 2.30. The van der Waals surface area contributed by atoms with Gasteiger partial charge in [-0.2, -0.15) is 4.31 Å². The standard InChI is InChI=1S/C21H26N2O7S2/c1-4-30-19-8-6-16(13-20(19)32(27,28)23-9-11-29-12-10-23)22-21(24)18-14-17(31(3,25)26)7-5-15(18)2/h5-8,13-14H,4,9-12H2,1-3H3,(H,22,24). The number of carbonyl (C=O) groups excluding carboxylic acids is 1. The van der Waals surface area contributed by atoms with E-state index in [0.717, 1.165) is 6.26 Å². The van der Waals surface area contributed by atoms with Crippen molar-refractivity contribution in [3.05, 3.63) is 47.5 Å². The van der Waals surface area contributed by atoms with Crippen LogP contribution in [0.4, 0.5) is 5.69 Å². The Labute approximate surface area is 188 Å². The van der Waals surface area contributed by atoms with Crippen molar-refractivity contribution in [3.8, 4) is 5.75 Å². The van der Waals surface area contributed by atoms with Crippen molar-refractivity contribution >= 4 is 31.5 Å². The molecule has 0 atom stereocenters. The number of morpholine rings is 1. The van der Waals surface area contributed by atoms with E-state index >= 15 is 0 Å². The number of nitrogens with zero attached hydrogens (tertiary/aromatic N) is 1. The minimum atomic E-state index is -3.87. The number of anilines is 1. The van der Waals surface area contributed by atoms with E-state index in [9.17, 15) is 21.6 Å². The first-order chi connectivity index (χ1) is 15.0. The number of carbonyl (C=O) groups is 1. The van der Waals surface area contributed by atoms with Gasteiger partial charge in [0, 0.05) is 30.6 Å². The first kappa shape index (κ1) is 24.2. The second kappa shape index (κ2) is 9.57. The van der Waals surface area contributed by atoms with Crippen LogP contribution in [0.15, 0.2) is 46.2 Å². The maximum Gasteiger partial charge on any atom is 0.255 e. The summed E-state index contributed by atoms with van der Waals surface area (Å²) >= 11 is 0. The van der Waals surface area contributed by atoms with Gasteiger partial charge in [0.1, 0.15) is 10.6 Å². The van der Waals surface area contributed by atoms with E-state index in [1.165, 1.54) is 34.6 Å². The molecule has 1 N–H and O–H groups in total. The summed E-state index contributed by atoms with van der Waals surface area (Å²) in [6.07, 6.45) is 1.06. The lowest BCUT2D eigenvalue weighted by Crippen LogP contribution is -2.40. The van der Waals surface area contributed by atoms with Crippen LogP contribution in [0.5, 0.6) is 5.75 Å². The molecule has 0 unspecified atom stereocenters. The maximum atomic E-state index is 13.2. The quantitative estimate of drug-likeness (QED) is 0.642. The zero-order chi connectivity index (χ0) is 23.5. The summed E-state index contributed by atoms with van der Waals surface area (Å²) in [7, 11) is -7.36. The molecule has 0 bridgehead atoms. The summed E-state index contributed by atoms with van der Waals surface area (Å²) in [6, 6.07) is 8.68. The Morgan fingerprint density at radius 2 is 1.78 bits per heavy atom. The molecule has 11 heteroatoms. The number of sulfonamides is 1. The van der Waals surface area contributed by atoms with Crippen molar-refractivity contribution in [1.29, 1.82) is 0 Å². The Hall–Kier alpha value is -2.47. The van der Waals surface area contributed by atoms with Gasteiger partial charge in [0.2, 0.25) is 10.0 Å². The average molecular weight is 483 g/mol. The Morgan fingerprint density at radius 1 is 1.09 bits per heavy atom. The SMILES string of the molecule is CCOc1ccc(NC(=O)c2cc(S(C)(=O)=O)ccc2C)cc1S(=O)(=O)N1CCOCC1. The first-order valence-corrected chi connectivity index (χ1v) is 13.3. The molecule has 0 aromatic heterocycles. The van der Waals surface area contributed by atoms with Crippen molar-refractivity contribution < 1.29 is 31.1 Å². The van der Waals surface area contributed by atoms with Gasteiger partial charge in [-0.1, -0.05) is 6.07 Å². The summed E-state index contributed by atoms with van der Waals surface area (Å²) < 4.78 is 62.2. The number of nitrogens with one attached hydrogen (secondary N) is 1. The van der Waals surface area contributed by atoms with Gasteiger partial charge in [0.15, 0.2) is 9.84 Å². The molecule has 32 heavy (non-hydrogen) atoms. The molecule has 1 aliphatic heterocycles. The molecule has 2 aromatic carbocycles. The highest BCUT2D eigenvalue weighted by atomic mass is 32.2. The third-order valence-electron chi connectivity index (χ3n) is 4.97. The van der Waals surface area contributed by atoms with Crippen molar-refractivity contribution in [2.75, 3.05) is 44.5 Å².